The maximum Gasteiger partial charge on any atom is 0.410 e. The zero-order chi connectivity index (χ0) is 14.2. The lowest BCUT2D eigenvalue weighted by atomic mass is 9.88. The van der Waals surface area contributed by atoms with Gasteiger partial charge in [0, 0.05) is 18.0 Å². The highest BCUT2D eigenvalue weighted by atomic mass is 16.6. The van der Waals surface area contributed by atoms with Gasteiger partial charge in [0.15, 0.2) is 0 Å². The molecule has 0 spiro atoms. The minimum atomic E-state index is -0.478. The number of hydrogen-bond donors (Lipinski definition) is 0. The van der Waals surface area contributed by atoms with Gasteiger partial charge in [-0.15, -0.1) is 0 Å². The largest absolute Gasteiger partial charge is 0.444 e. The van der Waals surface area contributed by atoms with Gasteiger partial charge in [-0.05, 0) is 53.4 Å². The van der Waals surface area contributed by atoms with Crippen LogP contribution in [0.1, 0.15) is 59.8 Å². The summed E-state index contributed by atoms with van der Waals surface area (Å²) < 4.78 is 5.52. The number of ketones is 1. The van der Waals surface area contributed by atoms with Gasteiger partial charge in [0.2, 0.25) is 0 Å². The van der Waals surface area contributed by atoms with Crippen LogP contribution < -0.4 is 0 Å². The maximum atomic E-state index is 12.4. The summed E-state index contributed by atoms with van der Waals surface area (Å²) in [6.07, 6.45) is 4.65. The first-order valence-electron chi connectivity index (χ1n) is 7.31. The average Bonchev–Trinajstić information content (AvgIpc) is 2.51. The van der Waals surface area contributed by atoms with Crippen molar-refractivity contribution in [3.8, 4) is 0 Å². The number of nitrogens with zero attached hydrogens (tertiary/aromatic N) is 1. The summed E-state index contributed by atoms with van der Waals surface area (Å²) in [6.45, 7) is 7.30. The van der Waals surface area contributed by atoms with Gasteiger partial charge in [-0.25, -0.2) is 4.79 Å². The molecule has 2 rings (SSSR count). The Morgan fingerprint density at radius 2 is 1.79 bits per heavy atom. The molecule has 0 aromatic rings. The van der Waals surface area contributed by atoms with Crippen LogP contribution in [-0.4, -0.2) is 34.5 Å². The van der Waals surface area contributed by atoms with Crippen molar-refractivity contribution in [2.24, 2.45) is 5.92 Å². The van der Waals surface area contributed by atoms with Crippen LogP contribution in [0.3, 0.4) is 0 Å². The lowest BCUT2D eigenvalue weighted by molar-refractivity contribution is -0.122. The number of hydrogen-bond acceptors (Lipinski definition) is 3. The van der Waals surface area contributed by atoms with Crippen molar-refractivity contribution in [1.82, 2.24) is 4.90 Å². The molecular formula is C15H25NO3. The topological polar surface area (TPSA) is 46.6 Å². The lowest BCUT2D eigenvalue weighted by Crippen LogP contribution is -2.46. The molecular weight excluding hydrogens is 242 g/mol. The fourth-order valence-electron chi connectivity index (χ4n) is 3.43. The summed E-state index contributed by atoms with van der Waals surface area (Å²) in [4.78, 5) is 26.1. The van der Waals surface area contributed by atoms with Crippen molar-refractivity contribution in [3.63, 3.8) is 0 Å². The molecule has 0 N–H and O–H groups in total. The van der Waals surface area contributed by atoms with Crippen LogP contribution in [-0.2, 0) is 9.53 Å². The van der Waals surface area contributed by atoms with E-state index in [1.165, 1.54) is 0 Å². The molecule has 4 heteroatoms. The van der Waals surface area contributed by atoms with E-state index in [0.29, 0.717) is 0 Å². The van der Waals surface area contributed by atoms with E-state index in [1.807, 2.05) is 25.7 Å². The Bertz CT molecular complexity index is 372. The molecule has 4 nitrogen and oxygen atoms in total. The first-order valence-corrected chi connectivity index (χ1v) is 7.31. The van der Waals surface area contributed by atoms with Crippen molar-refractivity contribution < 1.29 is 14.3 Å². The van der Waals surface area contributed by atoms with E-state index in [-0.39, 0.29) is 29.9 Å². The number of amides is 1. The summed E-state index contributed by atoms with van der Waals surface area (Å²) in [5, 5.41) is 0. The van der Waals surface area contributed by atoms with E-state index >= 15 is 0 Å². The molecule has 0 saturated carbocycles. The summed E-state index contributed by atoms with van der Waals surface area (Å²) >= 11 is 0. The summed E-state index contributed by atoms with van der Waals surface area (Å²) in [7, 11) is 0. The highest BCUT2D eigenvalue weighted by Gasteiger charge is 2.45. The second-order valence-electron chi connectivity index (χ2n) is 6.83. The zero-order valence-corrected chi connectivity index (χ0v) is 12.4. The van der Waals surface area contributed by atoms with Crippen molar-refractivity contribution in [2.75, 3.05) is 0 Å². The van der Waals surface area contributed by atoms with Crippen LogP contribution in [0.15, 0.2) is 0 Å². The molecule has 2 aliphatic heterocycles. The molecule has 0 radical (unpaired) electrons. The Hall–Kier alpha value is -1.06. The summed E-state index contributed by atoms with van der Waals surface area (Å²) in [6, 6.07) is 0.323. The normalized spacial score (nSPS) is 30.9. The zero-order valence-electron chi connectivity index (χ0n) is 12.4. The third kappa shape index (κ3) is 3.10. The number of Topliss-reactive ketones (excluding diaryl/α,β-unsaturated/α-hetero) is 1. The van der Waals surface area contributed by atoms with Crippen LogP contribution in [0.5, 0.6) is 0 Å². The molecule has 2 heterocycles. The van der Waals surface area contributed by atoms with Gasteiger partial charge in [-0.3, -0.25) is 4.79 Å². The minimum Gasteiger partial charge on any atom is -0.444 e. The summed E-state index contributed by atoms with van der Waals surface area (Å²) in [5.41, 5.74) is -0.478. The fourth-order valence-corrected chi connectivity index (χ4v) is 3.43. The molecule has 2 saturated heterocycles. The molecule has 2 bridgehead atoms. The Labute approximate surface area is 115 Å². The highest BCUT2D eigenvalue weighted by Crippen LogP contribution is 2.38. The van der Waals surface area contributed by atoms with Gasteiger partial charge < -0.3 is 9.64 Å². The van der Waals surface area contributed by atoms with Gasteiger partial charge in [-0.1, -0.05) is 6.42 Å². The smallest absolute Gasteiger partial charge is 0.410 e. The predicted octanol–water partition coefficient (Wildman–Crippen LogP) is 3.14. The quantitative estimate of drug-likeness (QED) is 0.733. The van der Waals surface area contributed by atoms with E-state index in [9.17, 15) is 9.59 Å². The SMILES string of the molecule is CC(=O)[C@H]1CCC[C@@H]2CC[C@H]1N2C(=O)OC(C)(C)C. The molecule has 1 amide bonds. The monoisotopic (exact) mass is 267 g/mol. The van der Waals surface area contributed by atoms with E-state index in [4.69, 9.17) is 4.74 Å². The third-order valence-electron chi connectivity index (χ3n) is 4.19. The summed E-state index contributed by atoms with van der Waals surface area (Å²) in [5.74, 6) is 0.209. The van der Waals surface area contributed by atoms with Gasteiger partial charge in [0.05, 0.1) is 0 Å². The second-order valence-corrected chi connectivity index (χ2v) is 6.83. The third-order valence-corrected chi connectivity index (χ3v) is 4.19. The molecule has 2 fully saturated rings. The number of carbonyl (C=O) groups is 2. The van der Waals surface area contributed by atoms with E-state index in [0.717, 1.165) is 32.1 Å². The van der Waals surface area contributed by atoms with E-state index < -0.39 is 5.60 Å². The van der Waals surface area contributed by atoms with Crippen molar-refractivity contribution in [1.29, 1.82) is 0 Å². The first-order chi connectivity index (χ1) is 8.79. The Morgan fingerprint density at radius 1 is 1.11 bits per heavy atom. The standard InChI is InChI=1S/C15H25NO3/c1-10(17)12-7-5-6-11-8-9-13(12)16(11)14(18)19-15(2,3)4/h11-13H,5-9H2,1-4H3/t11-,12-,13-/m1/s1. The number of rotatable bonds is 1. The second kappa shape index (κ2) is 5.14. The Kier molecular flexibility index (Phi) is 3.88. The first kappa shape index (κ1) is 14.4. The fraction of sp³-hybridized carbons (Fsp3) is 0.867. The Morgan fingerprint density at radius 3 is 2.37 bits per heavy atom. The molecule has 0 aromatic carbocycles. The molecule has 0 aliphatic carbocycles. The molecule has 0 unspecified atom stereocenters. The van der Waals surface area contributed by atoms with E-state index in [1.54, 1.807) is 6.92 Å². The van der Waals surface area contributed by atoms with Gasteiger partial charge in [0.25, 0.3) is 0 Å². The molecule has 2 aliphatic rings. The Balaban J connectivity index is 2.18. The molecule has 19 heavy (non-hydrogen) atoms. The van der Waals surface area contributed by atoms with Gasteiger partial charge in [0.1, 0.15) is 11.4 Å². The van der Waals surface area contributed by atoms with Crippen LogP contribution in [0.2, 0.25) is 0 Å². The molecule has 108 valence electrons. The van der Waals surface area contributed by atoms with E-state index in [2.05, 4.69) is 0 Å². The maximum absolute atomic E-state index is 12.4. The lowest BCUT2D eigenvalue weighted by Gasteiger charge is -2.33. The van der Waals surface area contributed by atoms with Gasteiger partial charge in [-0.2, -0.15) is 0 Å². The van der Waals surface area contributed by atoms with Crippen molar-refractivity contribution >= 4 is 11.9 Å². The van der Waals surface area contributed by atoms with Crippen LogP contribution >= 0.6 is 0 Å². The van der Waals surface area contributed by atoms with Crippen LogP contribution in [0.4, 0.5) is 4.79 Å². The highest BCUT2D eigenvalue weighted by molar-refractivity contribution is 5.80. The number of ether oxygens (including phenoxy) is 1. The molecule has 0 aromatic heterocycles. The number of carbonyl (C=O) groups excluding carboxylic acids is 2. The van der Waals surface area contributed by atoms with Crippen molar-refractivity contribution in [3.05, 3.63) is 0 Å². The average molecular weight is 267 g/mol. The predicted molar refractivity (Wildman–Crippen MR) is 72.9 cm³/mol. The molecule has 3 atom stereocenters. The number of fused-ring (bicyclic) bond motifs is 2. The van der Waals surface area contributed by atoms with Crippen LogP contribution in [0.25, 0.3) is 0 Å². The van der Waals surface area contributed by atoms with Crippen LogP contribution in [0, 0.1) is 5.92 Å². The van der Waals surface area contributed by atoms with Crippen molar-refractivity contribution in [2.45, 2.75) is 77.5 Å². The minimum absolute atomic E-state index is 0.0000170. The van der Waals surface area contributed by atoms with Gasteiger partial charge >= 0.3 is 6.09 Å².